The average molecular weight is 507 g/mol. The summed E-state index contributed by atoms with van der Waals surface area (Å²) in [4.78, 5) is 20.8. The molecule has 2 atom stereocenters. The zero-order valence-electron chi connectivity index (χ0n) is 21.0. The van der Waals surface area contributed by atoms with E-state index in [1.165, 1.54) is 25.6 Å². The van der Waals surface area contributed by atoms with Crippen molar-refractivity contribution < 1.29 is 19.0 Å². The number of rotatable bonds is 8. The SMILES string of the molecule is CC.COc1ccc(F)cc1C(=O)NCc1ccc(C(=N)c2c(N)ncnc2NC2C=CC(O)C2)cc1. The first-order valence-corrected chi connectivity index (χ1v) is 11.9. The quantitative estimate of drug-likeness (QED) is 0.231. The monoisotopic (exact) mass is 506 g/mol. The lowest BCUT2D eigenvalue weighted by Gasteiger charge is -2.17. The number of nitrogens with one attached hydrogen (secondary N) is 3. The molecule has 0 spiro atoms. The van der Waals surface area contributed by atoms with Gasteiger partial charge in [-0.15, -0.1) is 0 Å². The van der Waals surface area contributed by atoms with Gasteiger partial charge >= 0.3 is 0 Å². The van der Waals surface area contributed by atoms with Gasteiger partial charge in [-0.1, -0.05) is 50.3 Å². The summed E-state index contributed by atoms with van der Waals surface area (Å²) in [7, 11) is 1.41. The summed E-state index contributed by atoms with van der Waals surface area (Å²) in [5.74, 6) is -0.143. The number of nitrogen functional groups attached to an aromatic ring is 1. The minimum absolute atomic E-state index is 0.107. The molecule has 9 nitrogen and oxygen atoms in total. The topological polar surface area (TPSA) is 146 Å². The smallest absolute Gasteiger partial charge is 0.255 e. The molecular weight excluding hydrogens is 475 g/mol. The number of hydrogen-bond acceptors (Lipinski definition) is 8. The van der Waals surface area contributed by atoms with E-state index in [0.717, 1.165) is 11.6 Å². The Morgan fingerprint density at radius 3 is 2.57 bits per heavy atom. The van der Waals surface area contributed by atoms with Gasteiger partial charge in [0.1, 0.15) is 29.5 Å². The number of amides is 1. The van der Waals surface area contributed by atoms with Crippen molar-refractivity contribution in [3.63, 3.8) is 0 Å². The zero-order chi connectivity index (χ0) is 26.9. The van der Waals surface area contributed by atoms with Crippen LogP contribution in [0, 0.1) is 11.2 Å². The van der Waals surface area contributed by atoms with Crippen molar-refractivity contribution in [3.8, 4) is 5.75 Å². The van der Waals surface area contributed by atoms with E-state index in [1.54, 1.807) is 30.3 Å². The molecule has 194 valence electrons. The third-order valence-electron chi connectivity index (χ3n) is 5.61. The van der Waals surface area contributed by atoms with Crippen molar-refractivity contribution in [1.82, 2.24) is 15.3 Å². The molecule has 1 aliphatic rings. The molecule has 2 unspecified atom stereocenters. The van der Waals surface area contributed by atoms with Gasteiger partial charge in [-0.25, -0.2) is 14.4 Å². The van der Waals surface area contributed by atoms with Crippen molar-refractivity contribution >= 4 is 23.3 Å². The van der Waals surface area contributed by atoms with E-state index in [0.29, 0.717) is 23.4 Å². The maximum absolute atomic E-state index is 13.6. The summed E-state index contributed by atoms with van der Waals surface area (Å²) in [5.41, 5.74) is 8.04. The number of carbonyl (C=O) groups excluding carboxylic acids is 1. The van der Waals surface area contributed by atoms with E-state index < -0.39 is 17.8 Å². The normalized spacial score (nSPS) is 15.9. The molecule has 2 aromatic carbocycles. The van der Waals surface area contributed by atoms with E-state index in [4.69, 9.17) is 15.9 Å². The Hall–Kier alpha value is -4.31. The number of halogens is 1. The first-order valence-electron chi connectivity index (χ1n) is 11.9. The van der Waals surface area contributed by atoms with Crippen molar-refractivity contribution in [2.75, 3.05) is 18.2 Å². The van der Waals surface area contributed by atoms with E-state index in [1.807, 2.05) is 19.9 Å². The fourth-order valence-electron chi connectivity index (χ4n) is 3.79. The molecule has 4 rings (SSSR count). The van der Waals surface area contributed by atoms with Gasteiger partial charge in [-0.05, 0) is 23.8 Å². The number of carbonyl (C=O) groups is 1. The van der Waals surface area contributed by atoms with Crippen LogP contribution in [0.1, 0.15) is 47.3 Å². The highest BCUT2D eigenvalue weighted by Crippen LogP contribution is 2.25. The second-order valence-corrected chi connectivity index (χ2v) is 8.02. The first kappa shape index (κ1) is 27.3. The van der Waals surface area contributed by atoms with Gasteiger partial charge in [0.2, 0.25) is 0 Å². The van der Waals surface area contributed by atoms with Crippen LogP contribution in [0.2, 0.25) is 0 Å². The number of benzene rings is 2. The molecule has 6 N–H and O–H groups in total. The highest BCUT2D eigenvalue weighted by molar-refractivity contribution is 6.16. The van der Waals surface area contributed by atoms with Crippen LogP contribution < -0.4 is 21.1 Å². The molecule has 1 amide bonds. The van der Waals surface area contributed by atoms with Gasteiger partial charge in [0.05, 0.1) is 30.1 Å². The molecule has 0 aliphatic heterocycles. The summed E-state index contributed by atoms with van der Waals surface area (Å²) in [5, 5.41) is 24.4. The van der Waals surface area contributed by atoms with Gasteiger partial charge in [-0.2, -0.15) is 0 Å². The number of anilines is 2. The Bertz CT molecular complexity index is 1280. The number of aliphatic hydroxyl groups excluding tert-OH is 1. The molecule has 1 heterocycles. The number of aliphatic hydroxyl groups is 1. The number of methoxy groups -OCH3 is 1. The van der Waals surface area contributed by atoms with Crippen LogP contribution in [0.25, 0.3) is 0 Å². The van der Waals surface area contributed by atoms with Crippen LogP contribution in [0.3, 0.4) is 0 Å². The van der Waals surface area contributed by atoms with Crippen molar-refractivity contribution in [2.45, 2.75) is 39.0 Å². The maximum atomic E-state index is 13.6. The Labute approximate surface area is 215 Å². The lowest BCUT2D eigenvalue weighted by molar-refractivity contribution is 0.0947. The standard InChI is InChI=1S/C25H25FN6O3.C2H6/c1-35-20-9-6-16(26)10-19(20)25(34)29-12-14-2-4-15(5-3-14)22(27)21-23(28)30-13-31-24(21)32-17-7-8-18(33)11-17;1-2/h2-10,13,17-18,27,33H,11-12H2,1H3,(H,29,34)(H3,28,30,31,32);1-2H3. The fraction of sp³-hybridized carbons (Fsp3) is 0.259. The predicted octanol–water partition coefficient (Wildman–Crippen LogP) is 3.68. The van der Waals surface area contributed by atoms with E-state index in [-0.39, 0.29) is 35.4 Å². The van der Waals surface area contributed by atoms with Crippen molar-refractivity contribution in [3.05, 3.63) is 89.0 Å². The third kappa shape index (κ3) is 6.68. The van der Waals surface area contributed by atoms with Gasteiger partial charge < -0.3 is 26.2 Å². The average Bonchev–Trinajstić information content (AvgIpc) is 3.32. The number of aromatic nitrogens is 2. The second-order valence-electron chi connectivity index (χ2n) is 8.02. The number of hydrogen-bond donors (Lipinski definition) is 5. The lowest BCUT2D eigenvalue weighted by Crippen LogP contribution is -2.23. The highest BCUT2D eigenvalue weighted by atomic mass is 19.1. The molecule has 0 saturated heterocycles. The van der Waals surface area contributed by atoms with Crippen molar-refractivity contribution in [1.29, 1.82) is 5.41 Å². The second kappa shape index (κ2) is 12.6. The predicted molar refractivity (Wildman–Crippen MR) is 141 cm³/mol. The molecule has 1 aliphatic carbocycles. The minimum atomic E-state index is -0.531. The summed E-state index contributed by atoms with van der Waals surface area (Å²) in [6.45, 7) is 4.20. The first-order chi connectivity index (χ1) is 17.9. The molecule has 37 heavy (non-hydrogen) atoms. The van der Waals surface area contributed by atoms with E-state index in [2.05, 4.69) is 20.6 Å². The van der Waals surface area contributed by atoms with Crippen LogP contribution in [-0.4, -0.2) is 45.9 Å². The van der Waals surface area contributed by atoms with Gasteiger partial charge in [0, 0.05) is 24.6 Å². The largest absolute Gasteiger partial charge is 0.496 e. The Morgan fingerprint density at radius 2 is 1.92 bits per heavy atom. The van der Waals surface area contributed by atoms with Gasteiger partial charge in [0.25, 0.3) is 5.91 Å². The molecule has 0 saturated carbocycles. The summed E-state index contributed by atoms with van der Waals surface area (Å²) in [6.07, 6.45) is 4.85. The van der Waals surface area contributed by atoms with Crippen molar-refractivity contribution in [2.24, 2.45) is 0 Å². The molecule has 10 heteroatoms. The molecule has 0 radical (unpaired) electrons. The Kier molecular flexibility index (Phi) is 9.28. The zero-order valence-corrected chi connectivity index (χ0v) is 21.0. The molecule has 0 bridgehead atoms. The summed E-state index contributed by atoms with van der Waals surface area (Å²) in [6, 6.07) is 10.6. The molecule has 0 fully saturated rings. The fourth-order valence-corrected chi connectivity index (χ4v) is 3.79. The Balaban J connectivity index is 0.00000186. The molecule has 1 aromatic heterocycles. The van der Waals surface area contributed by atoms with E-state index in [9.17, 15) is 14.3 Å². The van der Waals surface area contributed by atoms with Crippen LogP contribution in [-0.2, 0) is 6.54 Å². The van der Waals surface area contributed by atoms with Crippen LogP contribution in [0.5, 0.6) is 5.75 Å². The maximum Gasteiger partial charge on any atom is 0.255 e. The number of nitrogens with zero attached hydrogens (tertiary/aromatic N) is 2. The van der Waals surface area contributed by atoms with E-state index >= 15 is 0 Å². The minimum Gasteiger partial charge on any atom is -0.496 e. The van der Waals surface area contributed by atoms with Crippen LogP contribution >= 0.6 is 0 Å². The number of ether oxygens (including phenoxy) is 1. The van der Waals surface area contributed by atoms with Gasteiger partial charge in [-0.3, -0.25) is 10.2 Å². The molecular formula is C27H31FN6O3. The lowest BCUT2D eigenvalue weighted by atomic mass is 10.0. The molecule has 3 aromatic rings. The summed E-state index contributed by atoms with van der Waals surface area (Å²) < 4.78 is 18.7. The van der Waals surface area contributed by atoms with Crippen LogP contribution in [0.15, 0.2) is 60.9 Å². The highest BCUT2D eigenvalue weighted by Gasteiger charge is 2.21. The summed E-state index contributed by atoms with van der Waals surface area (Å²) >= 11 is 0. The van der Waals surface area contributed by atoms with Gasteiger partial charge in [0.15, 0.2) is 0 Å². The Morgan fingerprint density at radius 1 is 1.19 bits per heavy atom. The third-order valence-corrected chi connectivity index (χ3v) is 5.61. The van der Waals surface area contributed by atoms with Crippen LogP contribution in [0.4, 0.5) is 16.0 Å². The number of nitrogens with two attached hydrogens (primary N) is 1.